The van der Waals surface area contributed by atoms with E-state index in [0.717, 1.165) is 29.3 Å². The van der Waals surface area contributed by atoms with Crippen molar-refractivity contribution in [2.45, 2.75) is 25.9 Å². The van der Waals surface area contributed by atoms with Crippen molar-refractivity contribution < 1.29 is 13.9 Å². The highest BCUT2D eigenvalue weighted by atomic mass is 19.1. The van der Waals surface area contributed by atoms with Crippen LogP contribution in [0.2, 0.25) is 0 Å². The quantitative estimate of drug-likeness (QED) is 0.454. The van der Waals surface area contributed by atoms with Gasteiger partial charge in [-0.25, -0.2) is 14.4 Å². The fourth-order valence-electron chi connectivity index (χ4n) is 4.45. The number of benzene rings is 2. The van der Waals surface area contributed by atoms with E-state index in [9.17, 15) is 9.18 Å². The van der Waals surface area contributed by atoms with E-state index < -0.39 is 0 Å². The fourth-order valence-corrected chi connectivity index (χ4v) is 4.45. The molecule has 1 saturated heterocycles. The molecule has 1 aliphatic rings. The van der Waals surface area contributed by atoms with Crippen LogP contribution in [0.25, 0.3) is 28.0 Å². The molecule has 3 heterocycles. The lowest BCUT2D eigenvalue weighted by molar-refractivity contribution is 0.0351. The van der Waals surface area contributed by atoms with Crippen LogP contribution >= 0.6 is 0 Å². The number of methoxy groups -OCH3 is 1. The van der Waals surface area contributed by atoms with Crippen molar-refractivity contribution >= 4 is 16.8 Å². The molecule has 2 aromatic heterocycles. The third-order valence-corrected chi connectivity index (χ3v) is 6.35. The van der Waals surface area contributed by atoms with E-state index >= 15 is 0 Å². The van der Waals surface area contributed by atoms with Crippen LogP contribution in [-0.2, 0) is 4.74 Å². The van der Waals surface area contributed by atoms with Gasteiger partial charge in [0.1, 0.15) is 5.82 Å². The van der Waals surface area contributed by atoms with Gasteiger partial charge in [0.05, 0.1) is 11.6 Å². The number of carbonyl (C=O) groups excluding carboxylic acids is 1. The Morgan fingerprint density at radius 3 is 2.52 bits per heavy atom. The summed E-state index contributed by atoms with van der Waals surface area (Å²) < 4.78 is 21.4. The maximum Gasteiger partial charge on any atom is 0.253 e. The van der Waals surface area contributed by atoms with E-state index in [2.05, 4.69) is 9.97 Å². The molecule has 1 aliphatic heterocycles. The summed E-state index contributed by atoms with van der Waals surface area (Å²) in [5, 5.41) is 1.03. The number of hydrogen-bond acceptors (Lipinski definition) is 4. The second kappa shape index (κ2) is 8.75. The second-order valence-corrected chi connectivity index (χ2v) is 8.39. The summed E-state index contributed by atoms with van der Waals surface area (Å²) in [6.45, 7) is 3.40. The highest BCUT2D eigenvalue weighted by Crippen LogP contribution is 2.27. The molecule has 33 heavy (non-hydrogen) atoms. The van der Waals surface area contributed by atoms with Crippen LogP contribution < -0.4 is 0 Å². The molecule has 1 fully saturated rings. The predicted molar refractivity (Wildman–Crippen MR) is 125 cm³/mol. The summed E-state index contributed by atoms with van der Waals surface area (Å²) in [5.74, 6) is 0.181. The molecule has 6 nitrogen and oxygen atoms in total. The van der Waals surface area contributed by atoms with Crippen molar-refractivity contribution in [1.82, 2.24) is 19.4 Å². The average molecular weight is 445 g/mol. The van der Waals surface area contributed by atoms with Crippen LogP contribution in [0.15, 0.2) is 61.1 Å². The van der Waals surface area contributed by atoms with Crippen molar-refractivity contribution in [3.63, 3.8) is 0 Å². The van der Waals surface area contributed by atoms with Gasteiger partial charge in [0.2, 0.25) is 5.95 Å². The van der Waals surface area contributed by atoms with E-state index in [1.54, 1.807) is 37.7 Å². The largest absolute Gasteiger partial charge is 0.381 e. The smallest absolute Gasteiger partial charge is 0.253 e. The Labute approximate surface area is 191 Å². The van der Waals surface area contributed by atoms with Gasteiger partial charge in [0.25, 0.3) is 5.91 Å². The number of ether oxygens (including phenoxy) is 1. The van der Waals surface area contributed by atoms with Crippen LogP contribution in [0.4, 0.5) is 4.39 Å². The number of aryl methyl sites for hydroxylation is 1. The van der Waals surface area contributed by atoms with Gasteiger partial charge >= 0.3 is 0 Å². The maximum atomic E-state index is 14.1. The number of amides is 1. The lowest BCUT2D eigenvalue weighted by Crippen LogP contribution is -2.40. The number of halogens is 1. The molecule has 0 N–H and O–H groups in total. The summed E-state index contributed by atoms with van der Waals surface area (Å²) in [4.78, 5) is 24.0. The van der Waals surface area contributed by atoms with Crippen LogP contribution in [0.3, 0.4) is 0 Å². The molecule has 2 aromatic carbocycles. The minimum Gasteiger partial charge on any atom is -0.381 e. The Kier molecular flexibility index (Phi) is 5.64. The van der Waals surface area contributed by atoms with Crippen LogP contribution in [0.1, 0.15) is 28.8 Å². The topological polar surface area (TPSA) is 60.2 Å². The molecule has 1 amide bonds. The van der Waals surface area contributed by atoms with E-state index in [1.807, 2.05) is 40.8 Å². The number of aromatic nitrogens is 3. The lowest BCUT2D eigenvalue weighted by atomic mass is 10.1. The zero-order valence-electron chi connectivity index (χ0n) is 18.7. The average Bonchev–Trinajstić information content (AvgIpc) is 3.20. The molecule has 0 unspecified atom stereocenters. The third-order valence-electron chi connectivity index (χ3n) is 6.35. The molecular weight excluding hydrogens is 419 g/mol. The number of hydrogen-bond donors (Lipinski definition) is 0. The molecule has 168 valence electrons. The maximum absolute atomic E-state index is 14.1. The Hall–Kier alpha value is -3.58. The van der Waals surface area contributed by atoms with Gasteiger partial charge in [-0.2, -0.15) is 0 Å². The van der Waals surface area contributed by atoms with Crippen molar-refractivity contribution in [2.75, 3.05) is 20.2 Å². The first-order valence-electron chi connectivity index (χ1n) is 11.1. The molecular formula is C26H25FN4O2. The number of carbonyl (C=O) groups is 1. The summed E-state index contributed by atoms with van der Waals surface area (Å²) in [7, 11) is 1.72. The standard InChI is InChI=1S/C26H25FN4O2/c1-17-16-31(26-28-14-19(15-29-26)22-5-3-4-6-23(22)27)24-13-18(7-8-21(17)24)25(32)30-11-9-20(33-2)10-12-30/h3-8,13-16,20H,9-12H2,1-2H3. The van der Waals surface area contributed by atoms with E-state index in [0.29, 0.717) is 35.7 Å². The number of fused-ring (bicyclic) bond motifs is 1. The summed E-state index contributed by atoms with van der Waals surface area (Å²) >= 11 is 0. The van der Waals surface area contributed by atoms with E-state index in [-0.39, 0.29) is 17.8 Å². The summed E-state index contributed by atoms with van der Waals surface area (Å²) in [6.07, 6.45) is 7.13. The van der Waals surface area contributed by atoms with E-state index in [4.69, 9.17) is 4.74 Å². The summed E-state index contributed by atoms with van der Waals surface area (Å²) in [6, 6.07) is 12.3. The Bertz CT molecular complexity index is 1310. The third kappa shape index (κ3) is 4.00. The number of rotatable bonds is 4. The van der Waals surface area contributed by atoms with Gasteiger partial charge in [-0.1, -0.05) is 24.3 Å². The Balaban J connectivity index is 1.47. The summed E-state index contributed by atoms with van der Waals surface area (Å²) in [5.41, 5.74) is 3.64. The number of likely N-dealkylation sites (tertiary alicyclic amines) is 1. The fraction of sp³-hybridized carbons (Fsp3) is 0.269. The zero-order valence-corrected chi connectivity index (χ0v) is 18.7. The monoisotopic (exact) mass is 444 g/mol. The first kappa shape index (κ1) is 21.3. The molecule has 4 aromatic rings. The van der Waals surface area contributed by atoms with Crippen molar-refractivity contribution in [2.24, 2.45) is 0 Å². The normalized spacial score (nSPS) is 14.7. The lowest BCUT2D eigenvalue weighted by Gasteiger charge is -2.31. The van der Waals surface area contributed by atoms with Gasteiger partial charge in [-0.05, 0) is 43.5 Å². The molecule has 0 bridgehead atoms. The van der Waals surface area contributed by atoms with Crippen molar-refractivity contribution in [3.8, 4) is 17.1 Å². The molecule has 0 saturated carbocycles. The Morgan fingerprint density at radius 1 is 1.09 bits per heavy atom. The highest BCUT2D eigenvalue weighted by molar-refractivity contribution is 5.99. The SMILES string of the molecule is COC1CCN(C(=O)c2ccc3c(C)cn(-c4ncc(-c5ccccc5F)cn4)c3c2)CC1. The first-order chi connectivity index (χ1) is 16.0. The van der Waals surface area contributed by atoms with Gasteiger partial charge in [0.15, 0.2) is 0 Å². The minimum absolute atomic E-state index is 0.0210. The van der Waals surface area contributed by atoms with Gasteiger partial charge in [-0.15, -0.1) is 0 Å². The minimum atomic E-state index is -0.311. The van der Waals surface area contributed by atoms with Gasteiger partial charge in [-0.3, -0.25) is 9.36 Å². The number of piperidine rings is 1. The van der Waals surface area contributed by atoms with Crippen LogP contribution in [0.5, 0.6) is 0 Å². The van der Waals surface area contributed by atoms with E-state index in [1.165, 1.54) is 6.07 Å². The first-order valence-corrected chi connectivity index (χ1v) is 11.1. The molecule has 0 radical (unpaired) electrons. The van der Waals surface area contributed by atoms with Crippen molar-refractivity contribution in [1.29, 1.82) is 0 Å². The van der Waals surface area contributed by atoms with Gasteiger partial charge < -0.3 is 9.64 Å². The number of nitrogens with zero attached hydrogens (tertiary/aromatic N) is 4. The van der Waals surface area contributed by atoms with Gasteiger partial charge in [0, 0.05) is 60.9 Å². The highest BCUT2D eigenvalue weighted by Gasteiger charge is 2.24. The Morgan fingerprint density at radius 2 is 1.82 bits per heavy atom. The zero-order chi connectivity index (χ0) is 22.9. The predicted octanol–water partition coefficient (Wildman–Crippen LogP) is 4.79. The van der Waals surface area contributed by atoms with Crippen LogP contribution in [0, 0.1) is 12.7 Å². The molecule has 0 atom stereocenters. The molecule has 5 rings (SSSR count). The molecule has 0 aliphatic carbocycles. The van der Waals surface area contributed by atoms with Crippen LogP contribution in [-0.4, -0.2) is 51.6 Å². The van der Waals surface area contributed by atoms with Crippen molar-refractivity contribution in [3.05, 3.63) is 78.0 Å². The molecule has 0 spiro atoms. The second-order valence-electron chi connectivity index (χ2n) is 8.39. The molecule has 7 heteroatoms.